The van der Waals surface area contributed by atoms with E-state index in [0.717, 1.165) is 9.35 Å². The molecule has 22 heavy (non-hydrogen) atoms. The van der Waals surface area contributed by atoms with Crippen molar-refractivity contribution in [2.45, 2.75) is 0 Å². The Bertz CT molecular complexity index is 654. The quantitative estimate of drug-likeness (QED) is 0.618. The molecule has 1 aromatic carbocycles. The zero-order valence-electron chi connectivity index (χ0n) is 11.4. The van der Waals surface area contributed by atoms with Crippen LogP contribution in [0.5, 0.6) is 5.75 Å². The second-order valence-corrected chi connectivity index (χ2v) is 6.02. The molecule has 7 heteroatoms. The van der Waals surface area contributed by atoms with Gasteiger partial charge in [0.2, 0.25) is 0 Å². The molecule has 2 amide bonds. The van der Waals surface area contributed by atoms with Crippen molar-refractivity contribution in [1.29, 1.82) is 0 Å². The summed E-state index contributed by atoms with van der Waals surface area (Å²) < 4.78 is 6.20. The number of thiophene rings is 1. The average molecular weight is 381 g/mol. The smallest absolute Gasteiger partial charge is 0.276 e. The summed E-state index contributed by atoms with van der Waals surface area (Å²) in [5, 5.41) is 1.92. The molecule has 2 N–H and O–H groups in total. The number of hydrogen-bond donors (Lipinski definition) is 2. The highest BCUT2D eigenvalue weighted by Crippen LogP contribution is 2.15. The fourth-order valence-electron chi connectivity index (χ4n) is 1.43. The van der Waals surface area contributed by atoms with Crippen LogP contribution in [0.2, 0.25) is 0 Å². The van der Waals surface area contributed by atoms with E-state index in [1.807, 2.05) is 29.6 Å². The lowest BCUT2D eigenvalue weighted by molar-refractivity contribution is -0.128. The number of nitrogens with one attached hydrogen (secondary N) is 2. The summed E-state index contributed by atoms with van der Waals surface area (Å²) in [6.07, 6.45) is 3.02. The minimum Gasteiger partial charge on any atom is -0.484 e. The van der Waals surface area contributed by atoms with E-state index in [2.05, 4.69) is 26.8 Å². The number of hydrogen-bond acceptors (Lipinski definition) is 4. The third-order valence-corrected chi connectivity index (χ3v) is 3.82. The standard InChI is InChI=1S/C15H13BrN2O3S/c16-11-3-5-12(6-4-11)21-10-15(20)18-17-14(19)8-7-13-2-1-9-22-13/h1-9H,10H2,(H,17,19)(H,18,20)/b8-7+. The molecule has 5 nitrogen and oxygen atoms in total. The Morgan fingerprint density at radius 1 is 1.18 bits per heavy atom. The summed E-state index contributed by atoms with van der Waals surface area (Å²) in [4.78, 5) is 24.0. The molecule has 1 aromatic heterocycles. The lowest BCUT2D eigenvalue weighted by Gasteiger charge is -2.07. The number of halogens is 1. The predicted molar refractivity (Wildman–Crippen MR) is 89.3 cm³/mol. The van der Waals surface area contributed by atoms with Crippen LogP contribution in [0.1, 0.15) is 4.88 Å². The van der Waals surface area contributed by atoms with Crippen LogP contribution in [-0.2, 0) is 9.59 Å². The van der Waals surface area contributed by atoms with Gasteiger partial charge >= 0.3 is 0 Å². The van der Waals surface area contributed by atoms with Crippen molar-refractivity contribution in [3.8, 4) is 5.75 Å². The molecule has 2 aromatic rings. The minimum absolute atomic E-state index is 0.184. The van der Waals surface area contributed by atoms with E-state index in [-0.39, 0.29) is 6.61 Å². The fraction of sp³-hybridized carbons (Fsp3) is 0.0667. The van der Waals surface area contributed by atoms with Gasteiger partial charge in [-0.05, 0) is 41.8 Å². The van der Waals surface area contributed by atoms with Crippen LogP contribution in [-0.4, -0.2) is 18.4 Å². The van der Waals surface area contributed by atoms with Crippen LogP contribution in [0.25, 0.3) is 6.08 Å². The number of carbonyl (C=O) groups is 2. The SMILES string of the molecule is O=C(/C=C/c1cccs1)NNC(=O)COc1ccc(Br)cc1. The Morgan fingerprint density at radius 3 is 2.64 bits per heavy atom. The number of hydrazine groups is 1. The summed E-state index contributed by atoms with van der Waals surface area (Å²) >= 11 is 4.83. The number of ether oxygens (including phenoxy) is 1. The number of amides is 2. The normalized spacial score (nSPS) is 10.4. The van der Waals surface area contributed by atoms with Crippen molar-refractivity contribution in [2.75, 3.05) is 6.61 Å². The molecule has 0 fully saturated rings. The Kier molecular flexibility index (Phi) is 6.17. The van der Waals surface area contributed by atoms with Crippen LogP contribution < -0.4 is 15.6 Å². The lowest BCUT2D eigenvalue weighted by atomic mass is 10.3. The Labute approximate surface area is 140 Å². The lowest BCUT2D eigenvalue weighted by Crippen LogP contribution is -2.43. The highest BCUT2D eigenvalue weighted by molar-refractivity contribution is 9.10. The number of rotatable bonds is 5. The van der Waals surface area contributed by atoms with E-state index < -0.39 is 11.8 Å². The predicted octanol–water partition coefficient (Wildman–Crippen LogP) is 2.75. The minimum atomic E-state index is -0.444. The van der Waals surface area contributed by atoms with Gasteiger partial charge in [-0.15, -0.1) is 11.3 Å². The maximum Gasteiger partial charge on any atom is 0.276 e. The summed E-state index contributed by atoms with van der Waals surface area (Å²) in [5.74, 6) is -0.284. The molecule has 1 heterocycles. The van der Waals surface area contributed by atoms with E-state index in [4.69, 9.17) is 4.74 Å². The first-order chi connectivity index (χ1) is 10.6. The van der Waals surface area contributed by atoms with E-state index in [1.54, 1.807) is 18.2 Å². The van der Waals surface area contributed by atoms with Crippen molar-refractivity contribution in [3.63, 3.8) is 0 Å². The molecule has 114 valence electrons. The maximum atomic E-state index is 11.5. The van der Waals surface area contributed by atoms with Crippen molar-refractivity contribution >= 4 is 45.2 Å². The van der Waals surface area contributed by atoms with Crippen LogP contribution in [0.3, 0.4) is 0 Å². The molecule has 2 rings (SSSR count). The van der Waals surface area contributed by atoms with Gasteiger partial charge in [-0.1, -0.05) is 22.0 Å². The second kappa shape index (κ2) is 8.35. The van der Waals surface area contributed by atoms with Gasteiger partial charge in [0.25, 0.3) is 11.8 Å². The second-order valence-electron chi connectivity index (χ2n) is 4.13. The van der Waals surface area contributed by atoms with Crippen molar-refractivity contribution in [1.82, 2.24) is 10.9 Å². The molecule has 0 aliphatic carbocycles. The number of carbonyl (C=O) groups excluding carboxylic acids is 2. The third kappa shape index (κ3) is 5.71. The molecular formula is C15H13BrN2O3S. The largest absolute Gasteiger partial charge is 0.484 e. The first-order valence-corrected chi connectivity index (χ1v) is 7.99. The molecule has 0 aliphatic heterocycles. The monoisotopic (exact) mass is 380 g/mol. The number of benzene rings is 1. The van der Waals surface area contributed by atoms with Crippen LogP contribution >= 0.6 is 27.3 Å². The maximum absolute atomic E-state index is 11.5. The summed E-state index contributed by atoms with van der Waals surface area (Å²) in [6.45, 7) is -0.184. The van der Waals surface area contributed by atoms with Gasteiger partial charge in [-0.3, -0.25) is 20.4 Å². The zero-order valence-corrected chi connectivity index (χ0v) is 13.8. The van der Waals surface area contributed by atoms with E-state index in [9.17, 15) is 9.59 Å². The van der Waals surface area contributed by atoms with Gasteiger partial charge in [0.05, 0.1) is 0 Å². The Balaban J connectivity index is 1.68. The summed E-state index contributed by atoms with van der Waals surface area (Å²) in [5.41, 5.74) is 4.56. The van der Waals surface area contributed by atoms with Crippen molar-refractivity contribution in [2.24, 2.45) is 0 Å². The molecule has 0 saturated carbocycles. The molecule has 0 radical (unpaired) electrons. The first kappa shape index (κ1) is 16.3. The first-order valence-electron chi connectivity index (χ1n) is 6.32. The van der Waals surface area contributed by atoms with Crippen molar-refractivity contribution in [3.05, 3.63) is 57.2 Å². The Morgan fingerprint density at radius 2 is 1.95 bits per heavy atom. The molecule has 0 atom stereocenters. The van der Waals surface area contributed by atoms with Gasteiger partial charge in [0, 0.05) is 15.4 Å². The molecule has 0 aliphatic rings. The van der Waals surface area contributed by atoms with Gasteiger partial charge in [-0.25, -0.2) is 0 Å². The zero-order chi connectivity index (χ0) is 15.8. The molecular weight excluding hydrogens is 368 g/mol. The van der Waals surface area contributed by atoms with E-state index in [0.29, 0.717) is 5.75 Å². The molecule has 0 unspecified atom stereocenters. The molecule has 0 bridgehead atoms. The summed E-state index contributed by atoms with van der Waals surface area (Å²) in [6, 6.07) is 10.9. The van der Waals surface area contributed by atoms with E-state index >= 15 is 0 Å². The van der Waals surface area contributed by atoms with Gasteiger partial charge in [-0.2, -0.15) is 0 Å². The molecule has 0 spiro atoms. The highest BCUT2D eigenvalue weighted by Gasteiger charge is 2.03. The van der Waals surface area contributed by atoms with E-state index in [1.165, 1.54) is 17.4 Å². The van der Waals surface area contributed by atoms with Gasteiger partial charge in [0.1, 0.15) is 5.75 Å². The average Bonchev–Trinajstić information content (AvgIpc) is 3.04. The highest BCUT2D eigenvalue weighted by atomic mass is 79.9. The topological polar surface area (TPSA) is 67.4 Å². The summed E-state index contributed by atoms with van der Waals surface area (Å²) in [7, 11) is 0. The Hall–Kier alpha value is -2.12. The van der Waals surface area contributed by atoms with Gasteiger partial charge in [0.15, 0.2) is 6.61 Å². The van der Waals surface area contributed by atoms with Crippen LogP contribution in [0.15, 0.2) is 52.3 Å². The third-order valence-electron chi connectivity index (χ3n) is 2.45. The van der Waals surface area contributed by atoms with Gasteiger partial charge < -0.3 is 4.74 Å². The van der Waals surface area contributed by atoms with Crippen molar-refractivity contribution < 1.29 is 14.3 Å². The fourth-order valence-corrected chi connectivity index (χ4v) is 2.32. The molecule has 0 saturated heterocycles. The van der Waals surface area contributed by atoms with Crippen LogP contribution in [0.4, 0.5) is 0 Å². The van der Waals surface area contributed by atoms with Crippen LogP contribution in [0, 0.1) is 0 Å².